The average molecular weight is 438 g/mol. The van der Waals surface area contributed by atoms with Gasteiger partial charge < -0.3 is 14.4 Å². The van der Waals surface area contributed by atoms with Crippen LogP contribution in [0, 0.1) is 6.92 Å². The minimum Gasteiger partial charge on any atom is -0.368 e. The molecule has 1 atom stereocenters. The maximum Gasteiger partial charge on any atom is 0.356 e. The molecule has 140 valence electrons. The van der Waals surface area contributed by atoms with Crippen LogP contribution in [0.4, 0.5) is 5.69 Å². The second-order valence-electron chi connectivity index (χ2n) is 5.69. The fourth-order valence-electron chi connectivity index (χ4n) is 2.48. The molecule has 1 N–H and O–H groups in total. The Morgan fingerprint density at radius 3 is 2.27 bits per heavy atom. The molecule has 0 bridgehead atoms. The Balaban J connectivity index is 2.35. The van der Waals surface area contributed by atoms with E-state index in [2.05, 4.69) is 21.2 Å². The first-order valence-corrected chi connectivity index (χ1v) is 11.0. The van der Waals surface area contributed by atoms with Crippen molar-refractivity contribution < 1.29 is 13.6 Å². The highest BCUT2D eigenvalue weighted by molar-refractivity contribution is 9.10. The number of hydrogen-bond acceptors (Lipinski definition) is 4. The third kappa shape index (κ3) is 5.82. The van der Waals surface area contributed by atoms with Crippen LogP contribution in [0.25, 0.3) is 6.08 Å². The maximum absolute atomic E-state index is 13.3. The van der Waals surface area contributed by atoms with Crippen molar-refractivity contribution in [3.05, 3.63) is 70.2 Å². The van der Waals surface area contributed by atoms with Crippen molar-refractivity contribution >= 4 is 35.3 Å². The van der Waals surface area contributed by atoms with E-state index < -0.39 is 13.4 Å². The Labute approximate surface area is 164 Å². The summed E-state index contributed by atoms with van der Waals surface area (Å²) in [5.74, 6) is -0.594. The molecule has 4 nitrogen and oxygen atoms in total. The van der Waals surface area contributed by atoms with Crippen molar-refractivity contribution in [2.24, 2.45) is 0 Å². The van der Waals surface area contributed by atoms with Gasteiger partial charge in [-0.15, -0.1) is 0 Å². The number of anilines is 1. The summed E-state index contributed by atoms with van der Waals surface area (Å²) in [6, 6.07) is 15.7. The molecule has 0 amide bonds. The quantitative estimate of drug-likeness (QED) is 0.456. The molecule has 2 rings (SSSR count). The molecule has 0 aliphatic carbocycles. The third-order valence-corrected chi connectivity index (χ3v) is 6.51. The number of halogens is 1. The predicted octanol–water partition coefficient (Wildman–Crippen LogP) is 6.48. The van der Waals surface area contributed by atoms with Gasteiger partial charge >= 0.3 is 7.60 Å². The van der Waals surface area contributed by atoms with Crippen LogP contribution in [0.15, 0.2) is 59.1 Å². The molecular formula is C20H25BrNO3P. The smallest absolute Gasteiger partial charge is 0.356 e. The summed E-state index contributed by atoms with van der Waals surface area (Å²) in [6.45, 7) is 6.30. The van der Waals surface area contributed by atoms with E-state index in [1.807, 2.05) is 81.5 Å². The van der Waals surface area contributed by atoms with E-state index in [9.17, 15) is 4.57 Å². The third-order valence-electron chi connectivity index (χ3n) is 3.76. The van der Waals surface area contributed by atoms with Crippen LogP contribution in [0.5, 0.6) is 0 Å². The van der Waals surface area contributed by atoms with Gasteiger partial charge in [0.05, 0.1) is 13.2 Å². The van der Waals surface area contributed by atoms with Gasteiger partial charge in [0.25, 0.3) is 0 Å². The Bertz CT molecular complexity index is 767. The lowest BCUT2D eigenvalue weighted by Crippen LogP contribution is -2.20. The number of benzene rings is 2. The van der Waals surface area contributed by atoms with Gasteiger partial charge in [0.15, 0.2) is 0 Å². The van der Waals surface area contributed by atoms with Gasteiger partial charge in [-0.05, 0) is 62.2 Å². The number of aryl methyl sites for hydroxylation is 1. The Kier molecular flexibility index (Phi) is 8.11. The SMILES string of the molecule is CCOP(=O)(OCC)C(/C=C/c1ccccc1C)Nc1ccc(Br)cc1. The minimum absolute atomic E-state index is 0.313. The van der Waals surface area contributed by atoms with Gasteiger partial charge in [-0.3, -0.25) is 4.57 Å². The van der Waals surface area contributed by atoms with Crippen molar-refractivity contribution in [3.8, 4) is 0 Å². The first-order chi connectivity index (χ1) is 12.5. The molecule has 26 heavy (non-hydrogen) atoms. The highest BCUT2D eigenvalue weighted by Gasteiger charge is 2.33. The Hall–Kier alpha value is -1.39. The van der Waals surface area contributed by atoms with Crippen LogP contribution >= 0.6 is 23.5 Å². The highest BCUT2D eigenvalue weighted by Crippen LogP contribution is 2.53. The van der Waals surface area contributed by atoms with Crippen molar-refractivity contribution in [2.45, 2.75) is 26.6 Å². The van der Waals surface area contributed by atoms with E-state index in [0.29, 0.717) is 13.2 Å². The fourth-order valence-corrected chi connectivity index (χ4v) is 4.46. The van der Waals surface area contributed by atoms with Gasteiger partial charge in [0.1, 0.15) is 5.78 Å². The van der Waals surface area contributed by atoms with Crippen molar-refractivity contribution in [1.82, 2.24) is 0 Å². The topological polar surface area (TPSA) is 47.6 Å². The summed E-state index contributed by atoms with van der Waals surface area (Å²) >= 11 is 3.42. The summed E-state index contributed by atoms with van der Waals surface area (Å²) in [7, 11) is -3.37. The lowest BCUT2D eigenvalue weighted by Gasteiger charge is -2.25. The molecule has 2 aromatic rings. The van der Waals surface area contributed by atoms with Crippen LogP contribution in [0.2, 0.25) is 0 Å². The molecule has 6 heteroatoms. The van der Waals surface area contributed by atoms with Crippen LogP contribution in [-0.2, 0) is 13.6 Å². The average Bonchev–Trinajstić information content (AvgIpc) is 2.62. The molecule has 0 spiro atoms. The molecule has 0 saturated carbocycles. The van der Waals surface area contributed by atoms with E-state index >= 15 is 0 Å². The van der Waals surface area contributed by atoms with Crippen LogP contribution in [0.3, 0.4) is 0 Å². The maximum atomic E-state index is 13.3. The predicted molar refractivity (Wildman–Crippen MR) is 113 cm³/mol. The molecule has 0 heterocycles. The molecule has 0 radical (unpaired) electrons. The lowest BCUT2D eigenvalue weighted by atomic mass is 10.1. The second kappa shape index (κ2) is 10.1. The summed E-state index contributed by atoms with van der Waals surface area (Å²) in [5, 5.41) is 3.29. The van der Waals surface area contributed by atoms with Gasteiger partial charge in [-0.1, -0.05) is 46.3 Å². The normalized spacial score (nSPS) is 13.1. The molecule has 0 aliphatic rings. The zero-order chi connectivity index (χ0) is 19.0. The fraction of sp³-hybridized carbons (Fsp3) is 0.300. The van der Waals surface area contributed by atoms with Gasteiger partial charge in [0, 0.05) is 10.2 Å². The zero-order valence-corrected chi connectivity index (χ0v) is 17.8. The van der Waals surface area contributed by atoms with E-state index in [0.717, 1.165) is 21.3 Å². The molecular weight excluding hydrogens is 413 g/mol. The standard InChI is InChI=1S/C20H25BrNO3P/c1-4-24-26(23,25-5-2)20(22-19-13-11-18(21)12-14-19)15-10-17-9-7-6-8-16(17)3/h6-15,20,22H,4-5H2,1-3H3/b15-10+. The number of rotatable bonds is 9. The molecule has 0 saturated heterocycles. The summed E-state index contributed by atoms with van der Waals surface area (Å²) < 4.78 is 25.4. The van der Waals surface area contributed by atoms with Gasteiger partial charge in [0.2, 0.25) is 0 Å². The van der Waals surface area contributed by atoms with E-state index in [1.165, 1.54) is 0 Å². The second-order valence-corrected chi connectivity index (χ2v) is 8.76. The van der Waals surface area contributed by atoms with Crippen LogP contribution in [0.1, 0.15) is 25.0 Å². The van der Waals surface area contributed by atoms with Crippen LogP contribution in [-0.4, -0.2) is 19.0 Å². The van der Waals surface area contributed by atoms with E-state index in [1.54, 1.807) is 0 Å². The van der Waals surface area contributed by atoms with Crippen LogP contribution < -0.4 is 5.32 Å². The molecule has 2 aromatic carbocycles. The van der Waals surface area contributed by atoms with E-state index in [-0.39, 0.29) is 0 Å². The highest BCUT2D eigenvalue weighted by atomic mass is 79.9. The first kappa shape index (κ1) is 20.9. The van der Waals surface area contributed by atoms with E-state index in [4.69, 9.17) is 9.05 Å². The van der Waals surface area contributed by atoms with Crippen molar-refractivity contribution in [2.75, 3.05) is 18.5 Å². The van der Waals surface area contributed by atoms with Crippen molar-refractivity contribution in [3.63, 3.8) is 0 Å². The Morgan fingerprint density at radius 2 is 1.69 bits per heavy atom. The lowest BCUT2D eigenvalue weighted by molar-refractivity contribution is 0.217. The number of hydrogen-bond donors (Lipinski definition) is 1. The minimum atomic E-state index is -3.37. The first-order valence-electron chi connectivity index (χ1n) is 8.63. The summed E-state index contributed by atoms with van der Waals surface area (Å²) in [6.07, 6.45) is 3.81. The molecule has 0 fully saturated rings. The monoisotopic (exact) mass is 437 g/mol. The van der Waals surface area contributed by atoms with Gasteiger partial charge in [-0.2, -0.15) is 0 Å². The van der Waals surface area contributed by atoms with Gasteiger partial charge in [-0.25, -0.2) is 0 Å². The molecule has 1 unspecified atom stereocenters. The largest absolute Gasteiger partial charge is 0.368 e. The summed E-state index contributed by atoms with van der Waals surface area (Å²) in [4.78, 5) is 0. The number of nitrogens with one attached hydrogen (secondary N) is 1. The summed E-state index contributed by atoms with van der Waals surface area (Å²) in [5.41, 5.74) is 3.05. The molecule has 0 aromatic heterocycles. The molecule has 0 aliphatic heterocycles. The Morgan fingerprint density at radius 1 is 1.08 bits per heavy atom. The van der Waals surface area contributed by atoms with Crippen molar-refractivity contribution in [1.29, 1.82) is 0 Å². The zero-order valence-electron chi connectivity index (χ0n) is 15.3.